The van der Waals surface area contributed by atoms with Crippen LogP contribution in [-0.4, -0.2) is 16.1 Å². The Bertz CT molecular complexity index is 437. The monoisotopic (exact) mass is 234 g/mol. The molecule has 0 aromatic heterocycles. The van der Waals surface area contributed by atoms with Crippen molar-refractivity contribution in [3.63, 3.8) is 0 Å². The molecule has 8 heteroatoms. The van der Waals surface area contributed by atoms with Crippen molar-refractivity contribution in [3.8, 4) is 0 Å². The van der Waals surface area contributed by atoms with E-state index in [1.807, 2.05) is 0 Å². The Morgan fingerprint density at radius 1 is 1.60 bits per heavy atom. The number of nitro benzene ring substituents is 1. The first-order valence-corrected chi connectivity index (χ1v) is 3.93. The largest absolute Gasteiger partial charge is 0.465 e. The highest BCUT2D eigenvalue weighted by molar-refractivity contribution is 6.31. The van der Waals surface area contributed by atoms with Gasteiger partial charge in [0.2, 0.25) is 0 Å². The van der Waals surface area contributed by atoms with Gasteiger partial charge in [0.05, 0.1) is 9.95 Å². The van der Waals surface area contributed by atoms with Crippen LogP contribution in [0, 0.1) is 15.9 Å². The average molecular weight is 235 g/mol. The fourth-order valence-corrected chi connectivity index (χ4v) is 1.06. The van der Waals surface area contributed by atoms with Crippen LogP contribution in [0.25, 0.3) is 0 Å². The predicted molar refractivity (Wildman–Crippen MR) is 49.7 cm³/mol. The SMILES string of the molecule is O=C(O)Nc1cc(F)c(Cl)cc1[N+](=O)[O-]. The zero-order chi connectivity index (χ0) is 11.6. The fraction of sp³-hybridized carbons (Fsp3) is 0. The van der Waals surface area contributed by atoms with E-state index in [-0.39, 0.29) is 0 Å². The van der Waals surface area contributed by atoms with E-state index >= 15 is 0 Å². The summed E-state index contributed by atoms with van der Waals surface area (Å²) in [7, 11) is 0. The number of nitro groups is 1. The normalized spacial score (nSPS) is 9.73. The lowest BCUT2D eigenvalue weighted by Gasteiger charge is -2.03. The van der Waals surface area contributed by atoms with E-state index in [2.05, 4.69) is 0 Å². The van der Waals surface area contributed by atoms with Crippen molar-refractivity contribution < 1.29 is 19.2 Å². The number of hydrogen-bond donors (Lipinski definition) is 2. The molecule has 0 fully saturated rings. The van der Waals surface area contributed by atoms with Crippen LogP contribution in [0.2, 0.25) is 5.02 Å². The number of nitrogens with one attached hydrogen (secondary N) is 1. The van der Waals surface area contributed by atoms with Gasteiger partial charge in [-0.25, -0.2) is 9.18 Å². The zero-order valence-corrected chi connectivity index (χ0v) is 7.79. The number of anilines is 1. The summed E-state index contributed by atoms with van der Waals surface area (Å²) in [6, 6.07) is 1.39. The quantitative estimate of drug-likeness (QED) is 0.607. The summed E-state index contributed by atoms with van der Waals surface area (Å²) < 4.78 is 12.9. The molecule has 0 aliphatic rings. The number of carbonyl (C=O) groups is 1. The fourth-order valence-electron chi connectivity index (χ4n) is 0.903. The first-order chi connectivity index (χ1) is 6.91. The zero-order valence-electron chi connectivity index (χ0n) is 7.03. The summed E-state index contributed by atoms with van der Waals surface area (Å²) in [5, 5.41) is 20.1. The second-order valence-corrected chi connectivity index (χ2v) is 2.88. The van der Waals surface area contributed by atoms with E-state index in [1.165, 1.54) is 0 Å². The van der Waals surface area contributed by atoms with Gasteiger partial charge in [0.15, 0.2) is 0 Å². The number of carboxylic acid groups (broad SMARTS) is 1. The molecule has 0 saturated carbocycles. The third-order valence-corrected chi connectivity index (χ3v) is 1.77. The van der Waals surface area contributed by atoms with E-state index in [4.69, 9.17) is 16.7 Å². The predicted octanol–water partition coefficient (Wildman–Crippen LogP) is 2.48. The van der Waals surface area contributed by atoms with Crippen molar-refractivity contribution in [2.75, 3.05) is 5.32 Å². The molecular formula is C7H4ClFN2O4. The van der Waals surface area contributed by atoms with Crippen molar-refractivity contribution in [1.82, 2.24) is 0 Å². The van der Waals surface area contributed by atoms with Gasteiger partial charge in [-0.15, -0.1) is 0 Å². The van der Waals surface area contributed by atoms with E-state index in [0.29, 0.717) is 6.07 Å². The second kappa shape index (κ2) is 4.09. The van der Waals surface area contributed by atoms with Crippen LogP contribution >= 0.6 is 11.6 Å². The van der Waals surface area contributed by atoms with Gasteiger partial charge in [-0.1, -0.05) is 11.6 Å². The lowest BCUT2D eigenvalue weighted by atomic mass is 10.2. The topological polar surface area (TPSA) is 92.5 Å². The maximum atomic E-state index is 12.9. The molecule has 0 radical (unpaired) electrons. The highest BCUT2D eigenvalue weighted by Gasteiger charge is 2.18. The Hall–Kier alpha value is -1.89. The number of nitrogens with zero attached hydrogens (tertiary/aromatic N) is 1. The lowest BCUT2D eigenvalue weighted by molar-refractivity contribution is -0.384. The maximum absolute atomic E-state index is 12.9. The molecule has 2 N–H and O–H groups in total. The minimum Gasteiger partial charge on any atom is -0.465 e. The Balaban J connectivity index is 3.28. The van der Waals surface area contributed by atoms with Gasteiger partial charge < -0.3 is 5.11 Å². The van der Waals surface area contributed by atoms with Crippen LogP contribution in [0.4, 0.5) is 20.6 Å². The van der Waals surface area contributed by atoms with Crippen LogP contribution < -0.4 is 5.32 Å². The van der Waals surface area contributed by atoms with Gasteiger partial charge in [-0.05, 0) is 0 Å². The molecule has 0 heterocycles. The van der Waals surface area contributed by atoms with Crippen molar-refractivity contribution in [2.45, 2.75) is 0 Å². The number of rotatable bonds is 2. The van der Waals surface area contributed by atoms with Gasteiger partial charge in [0.1, 0.15) is 11.5 Å². The summed E-state index contributed by atoms with van der Waals surface area (Å²) in [5.41, 5.74) is -1.07. The molecule has 1 aromatic carbocycles. The first-order valence-electron chi connectivity index (χ1n) is 3.55. The highest BCUT2D eigenvalue weighted by Crippen LogP contribution is 2.30. The van der Waals surface area contributed by atoms with Gasteiger partial charge in [-0.2, -0.15) is 0 Å². The first kappa shape index (κ1) is 11.2. The molecule has 0 aliphatic heterocycles. The summed E-state index contributed by atoms with van der Waals surface area (Å²) in [6.45, 7) is 0. The van der Waals surface area contributed by atoms with E-state index < -0.39 is 33.2 Å². The van der Waals surface area contributed by atoms with E-state index in [0.717, 1.165) is 6.07 Å². The Morgan fingerprint density at radius 3 is 2.67 bits per heavy atom. The molecule has 0 spiro atoms. The standard InChI is InChI=1S/C7H4ClFN2O4/c8-3-1-6(11(14)15)5(2-4(3)9)10-7(12)13/h1-2,10H,(H,12,13). The highest BCUT2D eigenvalue weighted by atomic mass is 35.5. The molecule has 1 rings (SSSR count). The van der Waals surface area contributed by atoms with Crippen molar-refractivity contribution in [1.29, 1.82) is 0 Å². The molecule has 80 valence electrons. The molecular weight excluding hydrogens is 231 g/mol. The summed E-state index contributed by atoms with van der Waals surface area (Å²) in [6.07, 6.45) is -1.53. The van der Waals surface area contributed by atoms with Crippen LogP contribution in [0.1, 0.15) is 0 Å². The smallest absolute Gasteiger partial charge is 0.409 e. The number of amides is 1. The number of halogens is 2. The van der Waals surface area contributed by atoms with Gasteiger partial charge >= 0.3 is 6.09 Å². The summed E-state index contributed by atoms with van der Waals surface area (Å²) >= 11 is 5.31. The Morgan fingerprint density at radius 2 is 2.20 bits per heavy atom. The molecule has 6 nitrogen and oxygen atoms in total. The molecule has 0 atom stereocenters. The molecule has 0 unspecified atom stereocenters. The Labute approximate surface area is 87.4 Å². The molecule has 0 saturated heterocycles. The van der Waals surface area contributed by atoms with Crippen LogP contribution in [0.3, 0.4) is 0 Å². The molecule has 0 aliphatic carbocycles. The molecule has 15 heavy (non-hydrogen) atoms. The maximum Gasteiger partial charge on any atom is 0.409 e. The Kier molecular flexibility index (Phi) is 3.05. The third-order valence-electron chi connectivity index (χ3n) is 1.48. The van der Waals surface area contributed by atoms with Crippen LogP contribution in [0.15, 0.2) is 12.1 Å². The second-order valence-electron chi connectivity index (χ2n) is 2.47. The number of hydrogen-bond acceptors (Lipinski definition) is 3. The van der Waals surface area contributed by atoms with Gasteiger partial charge in [0.25, 0.3) is 5.69 Å². The lowest BCUT2D eigenvalue weighted by Crippen LogP contribution is -2.09. The van der Waals surface area contributed by atoms with Gasteiger partial charge in [0, 0.05) is 12.1 Å². The minimum atomic E-state index is -1.53. The van der Waals surface area contributed by atoms with Crippen LogP contribution in [0.5, 0.6) is 0 Å². The van der Waals surface area contributed by atoms with E-state index in [9.17, 15) is 19.3 Å². The van der Waals surface area contributed by atoms with Crippen LogP contribution in [-0.2, 0) is 0 Å². The van der Waals surface area contributed by atoms with E-state index in [1.54, 1.807) is 5.32 Å². The molecule has 1 amide bonds. The number of benzene rings is 1. The third kappa shape index (κ3) is 2.53. The van der Waals surface area contributed by atoms with Crippen molar-refractivity contribution >= 4 is 29.1 Å². The molecule has 0 bridgehead atoms. The van der Waals surface area contributed by atoms with Gasteiger partial charge in [-0.3, -0.25) is 15.4 Å². The average Bonchev–Trinajstić information content (AvgIpc) is 2.09. The van der Waals surface area contributed by atoms with Crippen molar-refractivity contribution in [3.05, 3.63) is 33.1 Å². The molecule has 1 aromatic rings. The summed E-state index contributed by atoms with van der Waals surface area (Å²) in [5.74, 6) is -0.939. The van der Waals surface area contributed by atoms with Crippen molar-refractivity contribution in [2.24, 2.45) is 0 Å². The summed E-state index contributed by atoms with van der Waals surface area (Å²) in [4.78, 5) is 19.8. The minimum absolute atomic E-state index is 0.447.